The minimum absolute atomic E-state index is 0.115. The van der Waals surface area contributed by atoms with E-state index in [0.29, 0.717) is 59.8 Å². The first-order valence-electron chi connectivity index (χ1n) is 9.01. The molecule has 0 N–H and O–H groups in total. The van der Waals surface area contributed by atoms with E-state index in [9.17, 15) is 9.18 Å². The maximum Gasteiger partial charge on any atom is 0.255 e. The van der Waals surface area contributed by atoms with Crippen LogP contribution >= 0.6 is 23.2 Å². The molecule has 4 rings (SSSR count). The fourth-order valence-corrected chi connectivity index (χ4v) is 3.74. The van der Waals surface area contributed by atoms with Crippen LogP contribution in [-0.4, -0.2) is 62.1 Å². The van der Waals surface area contributed by atoms with Gasteiger partial charge in [-0.25, -0.2) is 4.39 Å². The number of hydrogen-bond acceptors (Lipinski definition) is 5. The van der Waals surface area contributed by atoms with Gasteiger partial charge in [0.1, 0.15) is 5.82 Å². The van der Waals surface area contributed by atoms with Crippen molar-refractivity contribution in [1.29, 1.82) is 0 Å². The van der Waals surface area contributed by atoms with E-state index in [-0.39, 0.29) is 11.7 Å². The number of halogens is 3. The highest BCUT2D eigenvalue weighted by atomic mass is 35.5. The van der Waals surface area contributed by atoms with E-state index in [1.165, 1.54) is 16.8 Å². The Bertz CT molecular complexity index is 1040. The lowest BCUT2D eigenvalue weighted by atomic mass is 10.1. The fourth-order valence-electron chi connectivity index (χ4n) is 3.26. The first-order valence-corrected chi connectivity index (χ1v) is 9.77. The lowest BCUT2D eigenvalue weighted by molar-refractivity contribution is 0.0624. The van der Waals surface area contributed by atoms with Crippen LogP contribution < -0.4 is 0 Å². The number of benzene rings is 2. The molecular formula is C19H17Cl2FN6O. The van der Waals surface area contributed by atoms with Crippen LogP contribution in [0, 0.1) is 5.82 Å². The Morgan fingerprint density at radius 3 is 2.59 bits per heavy atom. The summed E-state index contributed by atoms with van der Waals surface area (Å²) in [6.45, 7) is 2.92. The highest BCUT2D eigenvalue weighted by Gasteiger charge is 2.25. The third kappa shape index (κ3) is 4.39. The summed E-state index contributed by atoms with van der Waals surface area (Å²) in [6, 6.07) is 11.0. The third-order valence-corrected chi connectivity index (χ3v) is 5.32. The summed E-state index contributed by atoms with van der Waals surface area (Å²) >= 11 is 12.1. The molecule has 0 bridgehead atoms. The van der Waals surface area contributed by atoms with Crippen LogP contribution in [-0.2, 0) is 6.54 Å². The summed E-state index contributed by atoms with van der Waals surface area (Å²) in [4.78, 5) is 16.6. The third-order valence-electron chi connectivity index (χ3n) is 4.77. The topological polar surface area (TPSA) is 67.2 Å². The van der Waals surface area contributed by atoms with Crippen LogP contribution in [0.1, 0.15) is 16.2 Å². The van der Waals surface area contributed by atoms with Gasteiger partial charge in [0.05, 0.1) is 22.8 Å². The summed E-state index contributed by atoms with van der Waals surface area (Å²) < 4.78 is 15.0. The van der Waals surface area contributed by atoms with E-state index in [4.69, 9.17) is 23.2 Å². The van der Waals surface area contributed by atoms with E-state index < -0.39 is 0 Å². The molecule has 0 saturated carbocycles. The number of amides is 1. The zero-order valence-electron chi connectivity index (χ0n) is 15.3. The molecule has 29 heavy (non-hydrogen) atoms. The van der Waals surface area contributed by atoms with Gasteiger partial charge >= 0.3 is 0 Å². The molecule has 3 aromatic rings. The molecule has 1 aliphatic rings. The molecule has 2 aromatic carbocycles. The Labute approximate surface area is 176 Å². The average molecular weight is 435 g/mol. The lowest BCUT2D eigenvalue weighted by Crippen LogP contribution is -2.48. The SMILES string of the molecule is O=C(c1ccc(Cl)cc1Cl)N1CCN(Cc2nnnn2-c2cccc(F)c2)CC1. The Morgan fingerprint density at radius 2 is 1.86 bits per heavy atom. The second-order valence-corrected chi connectivity index (χ2v) is 7.52. The molecule has 1 fully saturated rings. The zero-order valence-corrected chi connectivity index (χ0v) is 16.8. The number of nitrogens with zero attached hydrogens (tertiary/aromatic N) is 6. The predicted octanol–water partition coefficient (Wildman–Crippen LogP) is 3.07. The molecule has 1 saturated heterocycles. The summed E-state index contributed by atoms with van der Waals surface area (Å²) in [5.74, 6) is 0.143. The standard InChI is InChI=1S/C19H17Cl2FN6O/c20-13-4-5-16(17(21)10-13)19(29)27-8-6-26(7-9-27)12-18-23-24-25-28(18)15-3-1-2-14(22)11-15/h1-5,10-11H,6-9,12H2. The molecule has 7 nitrogen and oxygen atoms in total. The van der Waals surface area contributed by atoms with E-state index in [1.807, 2.05) is 0 Å². The van der Waals surface area contributed by atoms with E-state index >= 15 is 0 Å². The first-order chi connectivity index (χ1) is 14.0. The summed E-state index contributed by atoms with van der Waals surface area (Å²) in [6.07, 6.45) is 0. The number of aromatic nitrogens is 4. The average Bonchev–Trinajstić information content (AvgIpc) is 3.16. The molecule has 150 valence electrons. The van der Waals surface area contributed by atoms with Crippen molar-refractivity contribution in [3.8, 4) is 5.69 Å². The Morgan fingerprint density at radius 1 is 1.07 bits per heavy atom. The molecule has 1 amide bonds. The molecular weight excluding hydrogens is 418 g/mol. The van der Waals surface area contributed by atoms with E-state index in [2.05, 4.69) is 20.4 Å². The smallest absolute Gasteiger partial charge is 0.255 e. The van der Waals surface area contributed by atoms with Crippen LogP contribution in [0.15, 0.2) is 42.5 Å². The van der Waals surface area contributed by atoms with Crippen molar-refractivity contribution in [2.24, 2.45) is 0 Å². The molecule has 0 atom stereocenters. The monoisotopic (exact) mass is 434 g/mol. The van der Waals surface area contributed by atoms with Crippen molar-refractivity contribution < 1.29 is 9.18 Å². The minimum Gasteiger partial charge on any atom is -0.336 e. The van der Waals surface area contributed by atoms with Crippen LogP contribution in [0.3, 0.4) is 0 Å². The zero-order chi connectivity index (χ0) is 20.4. The molecule has 2 heterocycles. The maximum atomic E-state index is 13.5. The van der Waals surface area contributed by atoms with Gasteiger partial charge in [-0.1, -0.05) is 29.3 Å². The van der Waals surface area contributed by atoms with Gasteiger partial charge in [0.2, 0.25) is 0 Å². The van der Waals surface area contributed by atoms with E-state index in [1.54, 1.807) is 35.2 Å². The molecule has 1 aromatic heterocycles. The van der Waals surface area contributed by atoms with Gasteiger partial charge in [-0.3, -0.25) is 9.69 Å². The Balaban J connectivity index is 1.40. The minimum atomic E-state index is -0.350. The van der Waals surface area contributed by atoms with Gasteiger partial charge in [-0.2, -0.15) is 4.68 Å². The summed E-state index contributed by atoms with van der Waals surface area (Å²) in [5.41, 5.74) is 1.01. The number of carbonyl (C=O) groups excluding carboxylic acids is 1. The van der Waals surface area contributed by atoms with Crippen molar-refractivity contribution in [3.63, 3.8) is 0 Å². The molecule has 0 spiro atoms. The summed E-state index contributed by atoms with van der Waals surface area (Å²) in [5, 5.41) is 12.6. The van der Waals surface area contributed by atoms with Gasteiger partial charge in [-0.15, -0.1) is 5.10 Å². The predicted molar refractivity (Wildman–Crippen MR) is 107 cm³/mol. The normalized spacial score (nSPS) is 14.9. The van der Waals surface area contributed by atoms with Gasteiger partial charge < -0.3 is 4.90 Å². The van der Waals surface area contributed by atoms with Gasteiger partial charge in [0, 0.05) is 31.2 Å². The van der Waals surface area contributed by atoms with Gasteiger partial charge in [0.25, 0.3) is 5.91 Å². The maximum absolute atomic E-state index is 13.5. The molecule has 1 aliphatic heterocycles. The van der Waals surface area contributed by atoms with Gasteiger partial charge in [-0.05, 0) is 46.8 Å². The van der Waals surface area contributed by atoms with E-state index in [0.717, 1.165) is 0 Å². The molecule has 0 radical (unpaired) electrons. The molecule has 0 aliphatic carbocycles. The van der Waals surface area contributed by atoms with Crippen molar-refractivity contribution in [3.05, 3.63) is 69.7 Å². The van der Waals surface area contributed by atoms with Crippen molar-refractivity contribution in [2.45, 2.75) is 6.54 Å². The number of piperazine rings is 1. The first kappa shape index (κ1) is 19.8. The second kappa shape index (κ2) is 8.44. The molecule has 0 unspecified atom stereocenters. The highest BCUT2D eigenvalue weighted by molar-refractivity contribution is 6.36. The quantitative estimate of drug-likeness (QED) is 0.630. The van der Waals surface area contributed by atoms with Gasteiger partial charge in [0.15, 0.2) is 5.82 Å². The number of hydrogen-bond donors (Lipinski definition) is 0. The van der Waals surface area contributed by atoms with Crippen LogP contribution in [0.2, 0.25) is 10.0 Å². The summed E-state index contributed by atoms with van der Waals surface area (Å²) in [7, 11) is 0. The molecule has 10 heteroatoms. The van der Waals surface area contributed by atoms with Crippen LogP contribution in [0.4, 0.5) is 4.39 Å². The van der Waals surface area contributed by atoms with Crippen molar-refractivity contribution in [2.75, 3.05) is 26.2 Å². The number of tetrazole rings is 1. The highest BCUT2D eigenvalue weighted by Crippen LogP contribution is 2.23. The largest absolute Gasteiger partial charge is 0.336 e. The Hall–Kier alpha value is -2.55. The van der Waals surface area contributed by atoms with Crippen molar-refractivity contribution >= 4 is 29.1 Å². The Kier molecular flexibility index (Phi) is 5.75. The van der Waals surface area contributed by atoms with Crippen LogP contribution in [0.25, 0.3) is 5.69 Å². The van der Waals surface area contributed by atoms with Crippen molar-refractivity contribution in [1.82, 2.24) is 30.0 Å². The number of carbonyl (C=O) groups is 1. The fraction of sp³-hybridized carbons (Fsp3) is 0.263. The lowest BCUT2D eigenvalue weighted by Gasteiger charge is -2.34. The number of rotatable bonds is 4. The second-order valence-electron chi connectivity index (χ2n) is 6.68. The van der Waals surface area contributed by atoms with Crippen LogP contribution in [0.5, 0.6) is 0 Å².